The first-order chi connectivity index (χ1) is 9.54. The highest BCUT2D eigenvalue weighted by Gasteiger charge is 2.20. The highest BCUT2D eigenvalue weighted by molar-refractivity contribution is 7.84. The molecule has 1 atom stereocenters. The van der Waals surface area contributed by atoms with Gasteiger partial charge in [-0.15, -0.1) is 5.10 Å². The molecule has 0 aliphatic rings. The highest BCUT2D eigenvalue weighted by Crippen LogP contribution is 2.20. The van der Waals surface area contributed by atoms with Gasteiger partial charge in [-0.05, 0) is 18.4 Å². The highest BCUT2D eigenvalue weighted by atomic mass is 32.2. The molecule has 1 aromatic rings. The number of rotatable bonds is 8. The van der Waals surface area contributed by atoms with Crippen LogP contribution in [0.3, 0.4) is 0 Å². The van der Waals surface area contributed by atoms with Crippen molar-refractivity contribution >= 4 is 22.6 Å². The molecule has 0 fully saturated rings. The molecule has 1 rings (SSSR count). The van der Waals surface area contributed by atoms with Crippen molar-refractivity contribution in [1.29, 1.82) is 0 Å². The predicted octanol–water partition coefficient (Wildman–Crippen LogP) is 1.48. The number of anilines is 1. The molecule has 1 heterocycles. The van der Waals surface area contributed by atoms with E-state index >= 15 is 0 Å². The normalized spacial score (nSPS) is 12.2. The summed E-state index contributed by atoms with van der Waals surface area (Å²) in [4.78, 5) is 11.5. The Hall–Kier alpha value is -1.50. The molecule has 0 spiro atoms. The Bertz CT molecular complexity index is 506. The van der Waals surface area contributed by atoms with E-state index in [0.717, 1.165) is 0 Å². The number of aromatic carboxylic acids is 1. The number of carbonyl (C=O) groups is 1. The van der Waals surface area contributed by atoms with Gasteiger partial charge in [0.25, 0.3) is 0 Å². The Morgan fingerprint density at radius 1 is 1.25 bits per heavy atom. The minimum absolute atomic E-state index is 0.182. The SMILES string of the molecule is CCc1nnc(NCCS(=O)CC)c(C(=O)O)c1CC. The third-order valence-electron chi connectivity index (χ3n) is 3.00. The number of aromatic nitrogens is 2. The maximum absolute atomic E-state index is 11.5. The van der Waals surface area contributed by atoms with Crippen LogP contribution in [0.15, 0.2) is 0 Å². The maximum Gasteiger partial charge on any atom is 0.339 e. The van der Waals surface area contributed by atoms with E-state index in [-0.39, 0.29) is 11.4 Å². The van der Waals surface area contributed by atoms with Crippen molar-refractivity contribution in [3.05, 3.63) is 16.8 Å². The lowest BCUT2D eigenvalue weighted by Gasteiger charge is -2.13. The molecule has 6 nitrogen and oxygen atoms in total. The van der Waals surface area contributed by atoms with E-state index in [0.29, 0.717) is 42.1 Å². The van der Waals surface area contributed by atoms with Crippen LogP contribution in [0.25, 0.3) is 0 Å². The number of carboxylic acid groups (broad SMARTS) is 1. The number of hydrogen-bond donors (Lipinski definition) is 2. The fraction of sp³-hybridized carbons (Fsp3) is 0.615. The number of nitrogens with zero attached hydrogens (tertiary/aromatic N) is 2. The van der Waals surface area contributed by atoms with E-state index in [1.54, 1.807) is 0 Å². The van der Waals surface area contributed by atoms with E-state index in [2.05, 4.69) is 15.5 Å². The summed E-state index contributed by atoms with van der Waals surface area (Å²) >= 11 is 0. The maximum atomic E-state index is 11.5. The molecule has 0 amide bonds. The van der Waals surface area contributed by atoms with E-state index in [1.807, 2.05) is 20.8 Å². The molecule has 1 aromatic heterocycles. The second-order valence-corrected chi connectivity index (χ2v) is 6.09. The van der Waals surface area contributed by atoms with Crippen LogP contribution in [0.5, 0.6) is 0 Å². The van der Waals surface area contributed by atoms with Gasteiger partial charge in [-0.2, -0.15) is 5.10 Å². The fourth-order valence-corrected chi connectivity index (χ4v) is 2.57. The van der Waals surface area contributed by atoms with Gasteiger partial charge in [0.05, 0.1) is 5.69 Å². The first kappa shape index (κ1) is 16.6. The van der Waals surface area contributed by atoms with Gasteiger partial charge in [0.15, 0.2) is 5.82 Å². The van der Waals surface area contributed by atoms with Crippen LogP contribution in [0.2, 0.25) is 0 Å². The Morgan fingerprint density at radius 2 is 1.95 bits per heavy atom. The second kappa shape index (κ2) is 7.94. The Balaban J connectivity index is 3.01. The smallest absolute Gasteiger partial charge is 0.339 e. The topological polar surface area (TPSA) is 92.2 Å². The molecule has 2 N–H and O–H groups in total. The number of hydrogen-bond acceptors (Lipinski definition) is 5. The summed E-state index contributed by atoms with van der Waals surface area (Å²) in [5.41, 5.74) is 1.61. The Labute approximate surface area is 121 Å². The third kappa shape index (κ3) is 4.00. The number of carboxylic acids is 1. The van der Waals surface area contributed by atoms with Crippen molar-refractivity contribution in [2.45, 2.75) is 33.6 Å². The van der Waals surface area contributed by atoms with Crippen LogP contribution in [0, 0.1) is 0 Å². The quantitative estimate of drug-likeness (QED) is 0.755. The molecule has 1 unspecified atom stereocenters. The zero-order valence-electron chi connectivity index (χ0n) is 12.1. The van der Waals surface area contributed by atoms with Crippen LogP contribution < -0.4 is 5.32 Å². The van der Waals surface area contributed by atoms with E-state index < -0.39 is 16.8 Å². The molecule has 0 aromatic carbocycles. The molecule has 0 bridgehead atoms. The molecule has 0 saturated heterocycles. The lowest BCUT2D eigenvalue weighted by molar-refractivity contribution is 0.0696. The summed E-state index contributed by atoms with van der Waals surface area (Å²) in [5.74, 6) is 0.313. The molecule has 0 saturated carbocycles. The van der Waals surface area contributed by atoms with E-state index in [9.17, 15) is 14.1 Å². The molecule has 0 radical (unpaired) electrons. The molecule has 20 heavy (non-hydrogen) atoms. The fourth-order valence-electron chi connectivity index (χ4n) is 1.95. The molecule has 0 aliphatic heterocycles. The number of aryl methyl sites for hydroxylation is 1. The molecule has 0 aliphatic carbocycles. The van der Waals surface area contributed by atoms with Crippen molar-refractivity contribution in [3.63, 3.8) is 0 Å². The Morgan fingerprint density at radius 3 is 2.45 bits per heavy atom. The van der Waals surface area contributed by atoms with Gasteiger partial charge in [0, 0.05) is 28.9 Å². The molecular formula is C13H21N3O3S. The van der Waals surface area contributed by atoms with Gasteiger partial charge in [0.2, 0.25) is 0 Å². The zero-order valence-corrected chi connectivity index (χ0v) is 12.9. The third-order valence-corrected chi connectivity index (χ3v) is 4.31. The van der Waals surface area contributed by atoms with Crippen LogP contribution in [0.4, 0.5) is 5.82 Å². The van der Waals surface area contributed by atoms with Crippen molar-refractivity contribution in [1.82, 2.24) is 10.2 Å². The van der Waals surface area contributed by atoms with Crippen molar-refractivity contribution in [2.24, 2.45) is 0 Å². The summed E-state index contributed by atoms with van der Waals surface area (Å²) in [7, 11) is -0.889. The number of nitrogens with one attached hydrogen (secondary N) is 1. The zero-order chi connectivity index (χ0) is 15.1. The van der Waals surface area contributed by atoms with Gasteiger partial charge in [-0.1, -0.05) is 20.8 Å². The summed E-state index contributed by atoms with van der Waals surface area (Å²) in [5, 5.41) is 20.4. The van der Waals surface area contributed by atoms with Crippen LogP contribution in [-0.4, -0.2) is 43.5 Å². The van der Waals surface area contributed by atoms with Gasteiger partial charge in [-0.3, -0.25) is 4.21 Å². The summed E-state index contributed by atoms with van der Waals surface area (Å²) < 4.78 is 11.4. The van der Waals surface area contributed by atoms with Crippen molar-refractivity contribution < 1.29 is 14.1 Å². The standard InChI is InChI=1S/C13H21N3O3S/c1-4-9-10(5-2)15-16-12(11(9)13(17)18)14-7-8-20(19)6-3/h4-8H2,1-3H3,(H,14,16)(H,17,18). The second-order valence-electron chi connectivity index (χ2n) is 4.22. The van der Waals surface area contributed by atoms with Crippen molar-refractivity contribution in [2.75, 3.05) is 23.4 Å². The molecule has 112 valence electrons. The summed E-state index contributed by atoms with van der Waals surface area (Å²) in [6, 6.07) is 0. The minimum atomic E-state index is -1.01. The van der Waals surface area contributed by atoms with Gasteiger partial charge in [-0.25, -0.2) is 4.79 Å². The average molecular weight is 299 g/mol. The monoisotopic (exact) mass is 299 g/mol. The van der Waals surface area contributed by atoms with E-state index in [1.165, 1.54) is 0 Å². The van der Waals surface area contributed by atoms with Crippen LogP contribution in [-0.2, 0) is 23.6 Å². The van der Waals surface area contributed by atoms with Crippen LogP contribution in [0.1, 0.15) is 42.4 Å². The average Bonchev–Trinajstić information content (AvgIpc) is 2.45. The van der Waals surface area contributed by atoms with Crippen LogP contribution >= 0.6 is 0 Å². The molecule has 7 heteroatoms. The first-order valence-electron chi connectivity index (χ1n) is 6.75. The van der Waals surface area contributed by atoms with Crippen molar-refractivity contribution in [3.8, 4) is 0 Å². The predicted molar refractivity (Wildman–Crippen MR) is 79.8 cm³/mol. The van der Waals surface area contributed by atoms with Gasteiger partial charge >= 0.3 is 5.97 Å². The van der Waals surface area contributed by atoms with Gasteiger partial charge < -0.3 is 10.4 Å². The largest absolute Gasteiger partial charge is 0.478 e. The summed E-state index contributed by atoms with van der Waals surface area (Å²) in [6.07, 6.45) is 1.24. The minimum Gasteiger partial charge on any atom is -0.478 e. The first-order valence-corrected chi connectivity index (χ1v) is 8.24. The lowest BCUT2D eigenvalue weighted by Crippen LogP contribution is -2.18. The van der Waals surface area contributed by atoms with Gasteiger partial charge in [0.1, 0.15) is 5.56 Å². The van der Waals surface area contributed by atoms with E-state index in [4.69, 9.17) is 0 Å². The summed E-state index contributed by atoms with van der Waals surface area (Å²) in [6.45, 7) is 6.10. The molecular weight excluding hydrogens is 278 g/mol. The Kier molecular flexibility index (Phi) is 6.57. The lowest BCUT2D eigenvalue weighted by atomic mass is 10.0.